The van der Waals surface area contributed by atoms with Crippen molar-refractivity contribution in [3.8, 4) is 29.1 Å². The normalized spacial score (nSPS) is 11.1. The molecule has 0 amide bonds. The van der Waals surface area contributed by atoms with Crippen LogP contribution in [-0.4, -0.2) is 30.2 Å². The highest BCUT2D eigenvalue weighted by atomic mass is 16.6. The molecule has 32 heavy (non-hydrogen) atoms. The number of anilines is 1. The second-order valence-electron chi connectivity index (χ2n) is 6.83. The Morgan fingerprint density at radius 1 is 0.969 bits per heavy atom. The zero-order valence-electron chi connectivity index (χ0n) is 17.2. The number of benzene rings is 2. The van der Waals surface area contributed by atoms with Crippen LogP contribution in [0.25, 0.3) is 11.1 Å². The second-order valence-corrected chi connectivity index (χ2v) is 6.83. The van der Waals surface area contributed by atoms with E-state index in [1.807, 2.05) is 48.5 Å². The molecule has 0 saturated heterocycles. The predicted molar refractivity (Wildman–Crippen MR) is 118 cm³/mol. The number of carbonyl (C=O) groups is 1. The predicted octanol–water partition coefficient (Wildman–Crippen LogP) is 2.57. The number of carbonyl (C=O) groups excluding carboxylic acids is 1. The van der Waals surface area contributed by atoms with Crippen molar-refractivity contribution in [2.75, 3.05) is 18.9 Å². The highest BCUT2D eigenvalue weighted by molar-refractivity contribution is 5.82. The molecule has 0 aliphatic carbocycles. The molecule has 4 N–H and O–H groups in total. The number of nitrogen functional groups attached to an aromatic ring is 1. The Bertz CT molecular complexity index is 1170. The molecule has 8 nitrogen and oxygen atoms in total. The molecule has 2 aromatic carbocycles. The van der Waals surface area contributed by atoms with E-state index in [4.69, 9.17) is 20.9 Å². The third-order valence-electron chi connectivity index (χ3n) is 4.65. The van der Waals surface area contributed by atoms with Gasteiger partial charge in [0.15, 0.2) is 0 Å². The average Bonchev–Trinajstić information content (AvgIpc) is 2.82. The van der Waals surface area contributed by atoms with Crippen molar-refractivity contribution in [1.29, 1.82) is 10.5 Å². The number of aromatic nitrogens is 1. The van der Waals surface area contributed by atoms with E-state index in [1.54, 1.807) is 24.3 Å². The van der Waals surface area contributed by atoms with E-state index >= 15 is 0 Å². The fourth-order valence-corrected chi connectivity index (χ4v) is 3.14. The van der Waals surface area contributed by atoms with Crippen molar-refractivity contribution in [1.82, 2.24) is 4.98 Å². The topological polar surface area (TPSA) is 148 Å². The van der Waals surface area contributed by atoms with E-state index in [-0.39, 0.29) is 36.0 Å². The monoisotopic (exact) mass is 427 g/mol. The minimum absolute atomic E-state index is 0.0347. The number of pyridine rings is 1. The van der Waals surface area contributed by atoms with Crippen LogP contribution in [0, 0.1) is 22.7 Å². The third-order valence-corrected chi connectivity index (χ3v) is 4.65. The lowest BCUT2D eigenvalue weighted by Crippen LogP contribution is -2.35. The van der Waals surface area contributed by atoms with Gasteiger partial charge in [-0.3, -0.25) is 4.79 Å². The highest BCUT2D eigenvalue weighted by Gasteiger charge is 2.21. The van der Waals surface area contributed by atoms with Crippen LogP contribution in [0.1, 0.15) is 16.7 Å². The Kier molecular flexibility index (Phi) is 7.37. The van der Waals surface area contributed by atoms with Crippen LogP contribution in [0.3, 0.4) is 0 Å². The standard InChI is InChI=1S/C24H21N5O3/c25-14-18-21(17-9-5-2-6-10-17)19(15-26)23(29-22(18)28)31-11-12-32-24(30)20(27)13-16-7-3-1-4-8-16/h1-10,20H,11-13,27H2,(H2,28,29)/t20-/m0/s1. The molecule has 0 unspecified atom stereocenters. The number of esters is 1. The molecule has 0 bridgehead atoms. The van der Waals surface area contributed by atoms with Gasteiger partial charge in [0, 0.05) is 5.56 Å². The van der Waals surface area contributed by atoms with Gasteiger partial charge in [-0.2, -0.15) is 15.5 Å². The summed E-state index contributed by atoms with van der Waals surface area (Å²) in [6, 6.07) is 21.5. The van der Waals surface area contributed by atoms with E-state index in [9.17, 15) is 15.3 Å². The molecular formula is C24H21N5O3. The average molecular weight is 427 g/mol. The van der Waals surface area contributed by atoms with E-state index in [2.05, 4.69) is 4.98 Å². The van der Waals surface area contributed by atoms with Gasteiger partial charge in [-0.05, 0) is 17.5 Å². The quantitative estimate of drug-likeness (QED) is 0.411. The van der Waals surface area contributed by atoms with Gasteiger partial charge in [-0.25, -0.2) is 0 Å². The Hall–Kier alpha value is -4.40. The van der Waals surface area contributed by atoms with Crippen molar-refractivity contribution in [2.45, 2.75) is 12.5 Å². The summed E-state index contributed by atoms with van der Waals surface area (Å²) in [5.74, 6) is -0.648. The molecule has 3 aromatic rings. The number of nitrogens with two attached hydrogens (primary N) is 2. The second kappa shape index (κ2) is 10.6. The van der Waals surface area contributed by atoms with Crippen molar-refractivity contribution in [3.63, 3.8) is 0 Å². The van der Waals surface area contributed by atoms with E-state index in [1.165, 1.54) is 0 Å². The molecule has 0 aliphatic heterocycles. The summed E-state index contributed by atoms with van der Waals surface area (Å²) >= 11 is 0. The maximum atomic E-state index is 12.1. The number of hydrogen-bond donors (Lipinski definition) is 2. The van der Waals surface area contributed by atoms with Gasteiger partial charge >= 0.3 is 5.97 Å². The van der Waals surface area contributed by atoms with Crippen LogP contribution in [0.4, 0.5) is 5.82 Å². The summed E-state index contributed by atoms with van der Waals surface area (Å²) in [5.41, 5.74) is 13.9. The van der Waals surface area contributed by atoms with Gasteiger partial charge in [-0.15, -0.1) is 0 Å². The molecule has 1 atom stereocenters. The Labute approximate surface area is 185 Å². The minimum atomic E-state index is -0.805. The first-order chi connectivity index (χ1) is 15.5. The SMILES string of the molecule is N#Cc1c(N)nc(OCCOC(=O)[C@@H](N)Cc2ccccc2)c(C#N)c1-c1ccccc1. The minimum Gasteiger partial charge on any atom is -0.473 e. The number of rotatable bonds is 8. The number of nitrogens with zero attached hydrogens (tertiary/aromatic N) is 3. The van der Waals surface area contributed by atoms with Gasteiger partial charge in [-0.1, -0.05) is 60.7 Å². The Morgan fingerprint density at radius 3 is 2.22 bits per heavy atom. The molecule has 0 spiro atoms. The molecule has 1 aromatic heterocycles. The summed E-state index contributed by atoms with van der Waals surface area (Å²) in [7, 11) is 0. The summed E-state index contributed by atoms with van der Waals surface area (Å²) in [6.45, 7) is -0.153. The molecule has 1 heterocycles. The van der Waals surface area contributed by atoms with Gasteiger partial charge < -0.3 is 20.9 Å². The Morgan fingerprint density at radius 2 is 1.59 bits per heavy atom. The summed E-state index contributed by atoms with van der Waals surface area (Å²) in [5, 5.41) is 19.2. The van der Waals surface area contributed by atoms with Gasteiger partial charge in [0.2, 0.25) is 5.88 Å². The molecular weight excluding hydrogens is 406 g/mol. The largest absolute Gasteiger partial charge is 0.473 e. The van der Waals surface area contributed by atoms with E-state index in [0.29, 0.717) is 17.5 Å². The zero-order valence-corrected chi connectivity index (χ0v) is 17.2. The van der Waals surface area contributed by atoms with E-state index < -0.39 is 12.0 Å². The molecule has 0 fully saturated rings. The van der Waals surface area contributed by atoms with Crippen molar-refractivity contribution in [3.05, 3.63) is 77.4 Å². The number of ether oxygens (including phenoxy) is 2. The molecule has 8 heteroatoms. The van der Waals surface area contributed by atoms with Crippen LogP contribution >= 0.6 is 0 Å². The third kappa shape index (κ3) is 5.20. The van der Waals surface area contributed by atoms with Gasteiger partial charge in [0.05, 0.1) is 0 Å². The lowest BCUT2D eigenvalue weighted by atomic mass is 9.96. The van der Waals surface area contributed by atoms with Crippen LogP contribution in [0.2, 0.25) is 0 Å². The van der Waals surface area contributed by atoms with Crippen LogP contribution < -0.4 is 16.2 Å². The van der Waals surface area contributed by atoms with Crippen LogP contribution in [0.5, 0.6) is 5.88 Å². The fourth-order valence-electron chi connectivity index (χ4n) is 3.14. The lowest BCUT2D eigenvalue weighted by Gasteiger charge is -2.15. The highest BCUT2D eigenvalue weighted by Crippen LogP contribution is 2.34. The Balaban J connectivity index is 1.68. The molecule has 160 valence electrons. The van der Waals surface area contributed by atoms with Crippen molar-refractivity contribution in [2.24, 2.45) is 5.73 Å². The van der Waals surface area contributed by atoms with Crippen LogP contribution in [-0.2, 0) is 16.0 Å². The summed E-state index contributed by atoms with van der Waals surface area (Å²) in [4.78, 5) is 16.2. The summed E-state index contributed by atoms with van der Waals surface area (Å²) < 4.78 is 10.8. The first-order valence-corrected chi connectivity index (χ1v) is 9.83. The zero-order chi connectivity index (χ0) is 22.9. The first-order valence-electron chi connectivity index (χ1n) is 9.83. The summed E-state index contributed by atoms with van der Waals surface area (Å²) in [6.07, 6.45) is 0.354. The molecule has 0 aliphatic rings. The molecule has 3 rings (SSSR count). The van der Waals surface area contributed by atoms with Crippen molar-refractivity contribution < 1.29 is 14.3 Å². The van der Waals surface area contributed by atoms with Crippen molar-refractivity contribution >= 4 is 11.8 Å². The first kappa shape index (κ1) is 22.3. The number of hydrogen-bond acceptors (Lipinski definition) is 8. The molecule has 0 radical (unpaired) electrons. The molecule has 0 saturated carbocycles. The maximum Gasteiger partial charge on any atom is 0.323 e. The van der Waals surface area contributed by atoms with Gasteiger partial charge in [0.25, 0.3) is 0 Å². The van der Waals surface area contributed by atoms with Gasteiger partial charge in [0.1, 0.15) is 48.3 Å². The van der Waals surface area contributed by atoms with E-state index in [0.717, 1.165) is 5.56 Å². The maximum absolute atomic E-state index is 12.1. The number of nitriles is 2. The smallest absolute Gasteiger partial charge is 0.323 e. The van der Waals surface area contributed by atoms with Crippen LogP contribution in [0.15, 0.2) is 60.7 Å². The fraction of sp³-hybridized carbons (Fsp3) is 0.167. The lowest BCUT2D eigenvalue weighted by molar-refractivity contribution is -0.145.